The van der Waals surface area contributed by atoms with Crippen LogP contribution in [0.4, 0.5) is 0 Å². The normalized spacial score (nSPS) is 11.1. The quantitative estimate of drug-likeness (QED) is 0.760. The van der Waals surface area contributed by atoms with Gasteiger partial charge in [-0.15, -0.1) is 0 Å². The third kappa shape index (κ3) is 3.61. The highest BCUT2D eigenvalue weighted by Crippen LogP contribution is 2.09. The molecule has 0 radical (unpaired) electrons. The van der Waals surface area contributed by atoms with Crippen LogP contribution in [0.25, 0.3) is 0 Å². The lowest BCUT2D eigenvalue weighted by atomic mass is 10.2. The molecule has 1 aromatic heterocycles. The van der Waals surface area contributed by atoms with Gasteiger partial charge in [0.25, 0.3) is 0 Å². The van der Waals surface area contributed by atoms with Crippen LogP contribution in [0.15, 0.2) is 16.5 Å². The Labute approximate surface area is 78.3 Å². The Morgan fingerprint density at radius 2 is 2.08 bits per heavy atom. The van der Waals surface area contributed by atoms with E-state index in [0.29, 0.717) is 18.3 Å². The molecular weight excluding hydrogens is 168 g/mol. The molecule has 1 N–H and O–H groups in total. The molecule has 0 atom stereocenters. The molecule has 0 spiro atoms. The summed E-state index contributed by atoms with van der Waals surface area (Å²) in [6.07, 6.45) is 0. The summed E-state index contributed by atoms with van der Waals surface area (Å²) in [6.45, 7) is 5.36. The summed E-state index contributed by atoms with van der Waals surface area (Å²) in [6, 6.07) is 3.58. The van der Waals surface area contributed by atoms with Crippen LogP contribution in [-0.2, 0) is 18.0 Å². The van der Waals surface area contributed by atoms with Gasteiger partial charge < -0.3 is 14.3 Å². The van der Waals surface area contributed by atoms with Gasteiger partial charge in [0, 0.05) is 6.61 Å². The second kappa shape index (κ2) is 5.04. The van der Waals surface area contributed by atoms with E-state index in [1.165, 1.54) is 0 Å². The lowest BCUT2D eigenvalue weighted by Crippen LogP contribution is -2.01. The first-order valence-electron chi connectivity index (χ1n) is 4.48. The van der Waals surface area contributed by atoms with E-state index in [1.807, 2.05) is 6.07 Å². The Hall–Kier alpha value is -0.800. The van der Waals surface area contributed by atoms with Crippen molar-refractivity contribution in [2.75, 3.05) is 6.61 Å². The van der Waals surface area contributed by atoms with E-state index < -0.39 is 0 Å². The number of hydrogen-bond donors (Lipinski definition) is 1. The predicted molar refractivity (Wildman–Crippen MR) is 49.1 cm³/mol. The van der Waals surface area contributed by atoms with Gasteiger partial charge >= 0.3 is 0 Å². The van der Waals surface area contributed by atoms with Crippen molar-refractivity contribution in [3.63, 3.8) is 0 Å². The Bertz CT molecular complexity index is 240. The first-order valence-corrected chi connectivity index (χ1v) is 4.48. The highest BCUT2D eigenvalue weighted by Gasteiger charge is 2.01. The molecule has 0 unspecified atom stereocenters. The zero-order valence-corrected chi connectivity index (χ0v) is 8.12. The van der Waals surface area contributed by atoms with Gasteiger partial charge in [-0.1, -0.05) is 13.8 Å². The van der Waals surface area contributed by atoms with E-state index in [4.69, 9.17) is 14.3 Å². The zero-order valence-electron chi connectivity index (χ0n) is 8.12. The first kappa shape index (κ1) is 10.3. The molecule has 1 aromatic rings. The minimum absolute atomic E-state index is 0.0514. The van der Waals surface area contributed by atoms with Gasteiger partial charge in [-0.05, 0) is 18.1 Å². The van der Waals surface area contributed by atoms with Crippen LogP contribution >= 0.6 is 0 Å². The van der Waals surface area contributed by atoms with Crippen molar-refractivity contribution in [3.05, 3.63) is 23.7 Å². The second-order valence-electron chi connectivity index (χ2n) is 3.44. The summed E-state index contributed by atoms with van der Waals surface area (Å²) in [7, 11) is 0. The molecule has 13 heavy (non-hydrogen) atoms. The number of furan rings is 1. The van der Waals surface area contributed by atoms with E-state index in [2.05, 4.69) is 13.8 Å². The summed E-state index contributed by atoms with van der Waals surface area (Å²) < 4.78 is 10.6. The van der Waals surface area contributed by atoms with E-state index >= 15 is 0 Å². The van der Waals surface area contributed by atoms with Crippen molar-refractivity contribution in [1.29, 1.82) is 0 Å². The lowest BCUT2D eigenvalue weighted by Gasteiger charge is -2.04. The molecule has 0 saturated carbocycles. The lowest BCUT2D eigenvalue weighted by molar-refractivity contribution is 0.0825. The standard InChI is InChI=1S/C10H16O3/c1-8(2)6-12-7-10-4-3-9(5-11)13-10/h3-4,8,11H,5-7H2,1-2H3. The molecule has 74 valence electrons. The minimum atomic E-state index is -0.0514. The molecule has 0 aromatic carbocycles. The molecule has 0 saturated heterocycles. The van der Waals surface area contributed by atoms with E-state index in [-0.39, 0.29) is 6.61 Å². The summed E-state index contributed by atoms with van der Waals surface area (Å²) >= 11 is 0. The van der Waals surface area contributed by atoms with Gasteiger partial charge in [0.15, 0.2) is 0 Å². The topological polar surface area (TPSA) is 42.6 Å². The fraction of sp³-hybridized carbons (Fsp3) is 0.600. The van der Waals surface area contributed by atoms with Crippen LogP contribution in [0.5, 0.6) is 0 Å². The Kier molecular flexibility index (Phi) is 3.99. The maximum Gasteiger partial charge on any atom is 0.129 e. The van der Waals surface area contributed by atoms with Gasteiger partial charge in [0.2, 0.25) is 0 Å². The average molecular weight is 184 g/mol. The van der Waals surface area contributed by atoms with Crippen LogP contribution in [0, 0.1) is 5.92 Å². The number of aliphatic hydroxyl groups excluding tert-OH is 1. The Morgan fingerprint density at radius 3 is 2.62 bits per heavy atom. The van der Waals surface area contributed by atoms with E-state index in [9.17, 15) is 0 Å². The smallest absolute Gasteiger partial charge is 0.129 e. The molecule has 1 heterocycles. The number of hydrogen-bond acceptors (Lipinski definition) is 3. The summed E-state index contributed by atoms with van der Waals surface area (Å²) in [4.78, 5) is 0. The molecule has 0 fully saturated rings. The van der Waals surface area contributed by atoms with E-state index in [0.717, 1.165) is 12.4 Å². The minimum Gasteiger partial charge on any atom is -0.461 e. The number of rotatable bonds is 5. The van der Waals surface area contributed by atoms with Crippen LogP contribution in [0.1, 0.15) is 25.4 Å². The third-order valence-electron chi connectivity index (χ3n) is 1.57. The molecule has 0 amide bonds. The molecule has 3 nitrogen and oxygen atoms in total. The largest absolute Gasteiger partial charge is 0.461 e. The van der Waals surface area contributed by atoms with Crippen molar-refractivity contribution in [3.8, 4) is 0 Å². The van der Waals surface area contributed by atoms with Crippen molar-refractivity contribution in [1.82, 2.24) is 0 Å². The average Bonchev–Trinajstić information content (AvgIpc) is 2.52. The van der Waals surface area contributed by atoms with E-state index in [1.54, 1.807) is 6.07 Å². The molecule has 0 aliphatic rings. The second-order valence-corrected chi connectivity index (χ2v) is 3.44. The predicted octanol–water partition coefficient (Wildman–Crippen LogP) is 1.94. The molecule has 0 aliphatic carbocycles. The number of ether oxygens (including phenoxy) is 1. The van der Waals surface area contributed by atoms with Gasteiger partial charge in [0.05, 0.1) is 0 Å². The van der Waals surface area contributed by atoms with Gasteiger partial charge in [-0.25, -0.2) is 0 Å². The van der Waals surface area contributed by atoms with Crippen molar-refractivity contribution in [2.24, 2.45) is 5.92 Å². The summed E-state index contributed by atoms with van der Waals surface area (Å²) in [5.74, 6) is 1.89. The van der Waals surface area contributed by atoms with Crippen LogP contribution in [0.2, 0.25) is 0 Å². The molecule has 3 heteroatoms. The fourth-order valence-electron chi connectivity index (χ4n) is 0.980. The Balaban J connectivity index is 2.28. The summed E-state index contributed by atoms with van der Waals surface area (Å²) in [5, 5.41) is 8.73. The van der Waals surface area contributed by atoms with Crippen LogP contribution in [-0.4, -0.2) is 11.7 Å². The maximum atomic E-state index is 8.73. The monoisotopic (exact) mass is 184 g/mol. The van der Waals surface area contributed by atoms with Gasteiger partial charge in [-0.2, -0.15) is 0 Å². The zero-order chi connectivity index (χ0) is 9.68. The molecule has 1 rings (SSSR count). The summed E-state index contributed by atoms with van der Waals surface area (Å²) in [5.41, 5.74) is 0. The van der Waals surface area contributed by atoms with Crippen molar-refractivity contribution in [2.45, 2.75) is 27.1 Å². The Morgan fingerprint density at radius 1 is 1.38 bits per heavy atom. The molecule has 0 aliphatic heterocycles. The van der Waals surface area contributed by atoms with Crippen molar-refractivity contribution >= 4 is 0 Å². The number of aliphatic hydroxyl groups is 1. The van der Waals surface area contributed by atoms with Crippen LogP contribution < -0.4 is 0 Å². The van der Waals surface area contributed by atoms with Gasteiger partial charge in [0.1, 0.15) is 24.7 Å². The van der Waals surface area contributed by atoms with Gasteiger partial charge in [-0.3, -0.25) is 0 Å². The fourth-order valence-corrected chi connectivity index (χ4v) is 0.980. The highest BCUT2D eigenvalue weighted by atomic mass is 16.5. The van der Waals surface area contributed by atoms with Crippen molar-refractivity contribution < 1.29 is 14.3 Å². The molecular formula is C10H16O3. The SMILES string of the molecule is CC(C)COCc1ccc(CO)o1. The van der Waals surface area contributed by atoms with Crippen LogP contribution in [0.3, 0.4) is 0 Å². The highest BCUT2D eigenvalue weighted by molar-refractivity contribution is 5.05. The maximum absolute atomic E-state index is 8.73. The first-order chi connectivity index (χ1) is 6.22. The third-order valence-corrected chi connectivity index (χ3v) is 1.57. The molecule has 0 bridgehead atoms.